The summed E-state index contributed by atoms with van der Waals surface area (Å²) < 4.78 is 14.3. The van der Waals surface area contributed by atoms with Crippen molar-refractivity contribution in [1.82, 2.24) is 0 Å². The Labute approximate surface area is 113 Å². The van der Waals surface area contributed by atoms with E-state index in [0.717, 1.165) is 5.56 Å². The number of anilines is 2. The highest BCUT2D eigenvalue weighted by atomic mass is 79.9. The third kappa shape index (κ3) is 2.36. The molecule has 18 heavy (non-hydrogen) atoms. The summed E-state index contributed by atoms with van der Waals surface area (Å²) in [5.41, 5.74) is 2.35. The van der Waals surface area contributed by atoms with Crippen molar-refractivity contribution in [2.45, 2.75) is 6.92 Å². The third-order valence-electron chi connectivity index (χ3n) is 2.61. The summed E-state index contributed by atoms with van der Waals surface area (Å²) in [6.07, 6.45) is 0. The van der Waals surface area contributed by atoms with Crippen LogP contribution < -0.4 is 5.32 Å². The van der Waals surface area contributed by atoms with Gasteiger partial charge in [-0.3, -0.25) is 0 Å². The summed E-state index contributed by atoms with van der Waals surface area (Å²) in [5.74, 6) is -0.364. The van der Waals surface area contributed by atoms with Gasteiger partial charge in [-0.05, 0) is 46.6 Å². The van der Waals surface area contributed by atoms with E-state index in [0.29, 0.717) is 21.4 Å². The van der Waals surface area contributed by atoms with E-state index in [1.807, 2.05) is 13.0 Å². The van der Waals surface area contributed by atoms with Crippen LogP contribution in [0.2, 0.25) is 0 Å². The zero-order chi connectivity index (χ0) is 13.1. The third-order valence-corrected chi connectivity index (χ3v) is 3.27. The van der Waals surface area contributed by atoms with E-state index in [9.17, 15) is 4.39 Å². The number of hydrogen-bond donors (Lipinski definition) is 1. The summed E-state index contributed by atoms with van der Waals surface area (Å²) in [6.45, 7) is 1.87. The summed E-state index contributed by atoms with van der Waals surface area (Å²) in [4.78, 5) is 0. The van der Waals surface area contributed by atoms with Crippen molar-refractivity contribution in [3.05, 3.63) is 57.8 Å². The predicted octanol–water partition coefficient (Wildman–Crippen LogP) is 4.51. The van der Waals surface area contributed by atoms with Crippen LogP contribution in [0.5, 0.6) is 0 Å². The average molecular weight is 305 g/mol. The van der Waals surface area contributed by atoms with Crippen LogP contribution in [0.4, 0.5) is 15.8 Å². The maximum absolute atomic E-state index is 13.7. The monoisotopic (exact) mass is 304 g/mol. The maximum Gasteiger partial charge on any atom is 0.147 e. The van der Waals surface area contributed by atoms with Crippen molar-refractivity contribution < 1.29 is 4.39 Å². The van der Waals surface area contributed by atoms with Crippen LogP contribution in [0.15, 0.2) is 40.9 Å². The molecule has 0 atom stereocenters. The molecule has 4 heteroatoms. The highest BCUT2D eigenvalue weighted by Gasteiger charge is 2.10. The van der Waals surface area contributed by atoms with Gasteiger partial charge in [-0.2, -0.15) is 5.26 Å². The van der Waals surface area contributed by atoms with E-state index in [2.05, 4.69) is 27.3 Å². The summed E-state index contributed by atoms with van der Waals surface area (Å²) in [5, 5.41) is 12.0. The lowest BCUT2D eigenvalue weighted by Gasteiger charge is -2.13. The van der Waals surface area contributed by atoms with Gasteiger partial charge in [-0.1, -0.05) is 18.2 Å². The quantitative estimate of drug-likeness (QED) is 0.886. The van der Waals surface area contributed by atoms with Gasteiger partial charge in [0.25, 0.3) is 0 Å². The molecule has 2 nitrogen and oxygen atoms in total. The van der Waals surface area contributed by atoms with Crippen molar-refractivity contribution in [3.63, 3.8) is 0 Å². The van der Waals surface area contributed by atoms with Gasteiger partial charge >= 0.3 is 0 Å². The van der Waals surface area contributed by atoms with Crippen LogP contribution >= 0.6 is 15.9 Å². The minimum atomic E-state index is -0.364. The lowest BCUT2D eigenvalue weighted by atomic mass is 10.1. The Balaban J connectivity index is 2.50. The Morgan fingerprint density at radius 2 is 1.89 bits per heavy atom. The van der Waals surface area contributed by atoms with Crippen LogP contribution in [0, 0.1) is 24.1 Å². The molecule has 0 saturated carbocycles. The molecule has 2 aromatic rings. The standard InChI is InChI=1S/C14H10BrFN2/c1-9-4-2-5-10(8-17)13(9)18-14-11(15)6-3-7-12(14)16/h2-7,18H,1H3. The molecule has 0 aliphatic heterocycles. The van der Waals surface area contributed by atoms with E-state index in [4.69, 9.17) is 5.26 Å². The SMILES string of the molecule is Cc1cccc(C#N)c1Nc1c(F)cccc1Br. The predicted molar refractivity (Wildman–Crippen MR) is 73.3 cm³/mol. The van der Waals surface area contributed by atoms with E-state index >= 15 is 0 Å². The van der Waals surface area contributed by atoms with Gasteiger partial charge in [-0.15, -0.1) is 0 Å². The second-order valence-electron chi connectivity index (χ2n) is 3.83. The number of aryl methyl sites for hydroxylation is 1. The fraction of sp³-hybridized carbons (Fsp3) is 0.0714. The zero-order valence-electron chi connectivity index (χ0n) is 9.67. The fourth-order valence-electron chi connectivity index (χ4n) is 1.67. The average Bonchev–Trinajstić information content (AvgIpc) is 2.35. The van der Waals surface area contributed by atoms with Crippen molar-refractivity contribution in [1.29, 1.82) is 5.26 Å². The number of benzene rings is 2. The first kappa shape index (κ1) is 12.6. The first-order valence-electron chi connectivity index (χ1n) is 5.34. The van der Waals surface area contributed by atoms with Crippen molar-refractivity contribution in [2.75, 3.05) is 5.32 Å². The van der Waals surface area contributed by atoms with Crippen molar-refractivity contribution in [2.24, 2.45) is 0 Å². The number of halogens is 2. The van der Waals surface area contributed by atoms with Gasteiger partial charge in [0.2, 0.25) is 0 Å². The Bertz CT molecular complexity index is 612. The largest absolute Gasteiger partial charge is 0.351 e. The molecule has 0 radical (unpaired) electrons. The number of rotatable bonds is 2. The number of nitrogens with one attached hydrogen (secondary N) is 1. The van der Waals surface area contributed by atoms with E-state index in [1.54, 1.807) is 24.3 Å². The normalized spacial score (nSPS) is 9.89. The van der Waals surface area contributed by atoms with Crippen LogP contribution in [0.3, 0.4) is 0 Å². The first-order valence-corrected chi connectivity index (χ1v) is 6.13. The maximum atomic E-state index is 13.7. The van der Waals surface area contributed by atoms with Gasteiger partial charge < -0.3 is 5.32 Å². The smallest absolute Gasteiger partial charge is 0.147 e. The molecular weight excluding hydrogens is 295 g/mol. The Morgan fingerprint density at radius 3 is 2.56 bits per heavy atom. The molecule has 0 heterocycles. The Kier molecular flexibility index (Phi) is 3.63. The molecule has 0 aliphatic rings. The molecule has 0 bridgehead atoms. The van der Waals surface area contributed by atoms with Crippen molar-refractivity contribution >= 4 is 27.3 Å². The molecule has 90 valence electrons. The van der Waals surface area contributed by atoms with Gasteiger partial charge in [0.05, 0.1) is 16.9 Å². The lowest BCUT2D eigenvalue weighted by Crippen LogP contribution is -1.99. The lowest BCUT2D eigenvalue weighted by molar-refractivity contribution is 0.631. The molecule has 1 N–H and O–H groups in total. The molecule has 0 saturated heterocycles. The highest BCUT2D eigenvalue weighted by molar-refractivity contribution is 9.10. The second kappa shape index (κ2) is 5.19. The summed E-state index contributed by atoms with van der Waals surface area (Å²) in [7, 11) is 0. The number of nitriles is 1. The second-order valence-corrected chi connectivity index (χ2v) is 4.69. The molecule has 2 rings (SSSR count). The van der Waals surface area contributed by atoms with Gasteiger partial charge in [0.1, 0.15) is 11.9 Å². The number of nitrogens with zero attached hydrogens (tertiary/aromatic N) is 1. The summed E-state index contributed by atoms with van der Waals surface area (Å²) in [6, 6.07) is 12.2. The Morgan fingerprint density at radius 1 is 1.17 bits per heavy atom. The van der Waals surface area contributed by atoms with E-state index in [-0.39, 0.29) is 5.82 Å². The van der Waals surface area contributed by atoms with Crippen LogP contribution in [-0.2, 0) is 0 Å². The highest BCUT2D eigenvalue weighted by Crippen LogP contribution is 2.31. The van der Waals surface area contributed by atoms with Gasteiger partial charge in [0.15, 0.2) is 0 Å². The minimum absolute atomic E-state index is 0.336. The molecule has 0 unspecified atom stereocenters. The minimum Gasteiger partial charge on any atom is -0.351 e. The zero-order valence-corrected chi connectivity index (χ0v) is 11.3. The van der Waals surface area contributed by atoms with E-state index in [1.165, 1.54) is 6.07 Å². The van der Waals surface area contributed by atoms with Gasteiger partial charge in [-0.25, -0.2) is 4.39 Å². The van der Waals surface area contributed by atoms with Crippen molar-refractivity contribution in [3.8, 4) is 6.07 Å². The molecule has 0 aromatic heterocycles. The van der Waals surface area contributed by atoms with Crippen LogP contribution in [0.1, 0.15) is 11.1 Å². The van der Waals surface area contributed by atoms with Crippen LogP contribution in [0.25, 0.3) is 0 Å². The molecule has 0 aliphatic carbocycles. The molecule has 0 fully saturated rings. The fourth-order valence-corrected chi connectivity index (χ4v) is 2.11. The topological polar surface area (TPSA) is 35.8 Å². The van der Waals surface area contributed by atoms with Crippen LogP contribution in [-0.4, -0.2) is 0 Å². The number of hydrogen-bond acceptors (Lipinski definition) is 2. The molecular formula is C14H10BrFN2. The number of para-hydroxylation sites is 2. The van der Waals surface area contributed by atoms with E-state index < -0.39 is 0 Å². The molecule has 2 aromatic carbocycles. The Hall–Kier alpha value is -1.86. The molecule has 0 spiro atoms. The molecule has 0 amide bonds. The summed E-state index contributed by atoms with van der Waals surface area (Å²) >= 11 is 3.29. The van der Waals surface area contributed by atoms with Gasteiger partial charge in [0, 0.05) is 4.47 Å². The first-order chi connectivity index (χ1) is 8.63.